The summed E-state index contributed by atoms with van der Waals surface area (Å²) in [5, 5.41) is 12.5. The van der Waals surface area contributed by atoms with E-state index >= 15 is 0 Å². The summed E-state index contributed by atoms with van der Waals surface area (Å²) < 4.78 is 0. The number of benzene rings is 1. The predicted molar refractivity (Wildman–Crippen MR) is 109 cm³/mol. The zero-order chi connectivity index (χ0) is 18.4. The molecule has 2 fully saturated rings. The van der Waals surface area contributed by atoms with Crippen LogP contribution in [-0.2, 0) is 11.3 Å². The second-order valence-corrected chi connectivity index (χ2v) is 7.55. The molecule has 0 aromatic heterocycles. The van der Waals surface area contributed by atoms with Gasteiger partial charge in [-0.2, -0.15) is 0 Å². The Morgan fingerprint density at radius 3 is 2.52 bits per heavy atom. The van der Waals surface area contributed by atoms with E-state index in [1.807, 2.05) is 30.3 Å². The van der Waals surface area contributed by atoms with Crippen molar-refractivity contribution >= 4 is 24.3 Å². The topological polar surface area (TPSA) is 82.3 Å². The van der Waals surface area contributed by atoms with Crippen molar-refractivity contribution in [2.75, 3.05) is 6.54 Å². The van der Waals surface area contributed by atoms with Gasteiger partial charge in [0.15, 0.2) is 0 Å². The van der Waals surface area contributed by atoms with Gasteiger partial charge in [0.25, 0.3) is 0 Å². The van der Waals surface area contributed by atoms with Gasteiger partial charge >= 0.3 is 6.03 Å². The van der Waals surface area contributed by atoms with Gasteiger partial charge < -0.3 is 21.3 Å². The number of nitrogens with one attached hydrogen (secondary N) is 4. The molecule has 1 aliphatic heterocycles. The second-order valence-electron chi connectivity index (χ2n) is 7.55. The molecule has 1 saturated heterocycles. The zero-order valence-corrected chi connectivity index (χ0v) is 16.7. The quantitative estimate of drug-likeness (QED) is 0.619. The van der Waals surface area contributed by atoms with Gasteiger partial charge in [-0.3, -0.25) is 4.79 Å². The average Bonchev–Trinajstić information content (AvgIpc) is 3.12. The summed E-state index contributed by atoms with van der Waals surface area (Å²) in [5.74, 6) is -0.0367. The van der Waals surface area contributed by atoms with Gasteiger partial charge in [-0.1, -0.05) is 43.2 Å². The van der Waals surface area contributed by atoms with Crippen molar-refractivity contribution < 1.29 is 9.59 Å². The molecule has 1 aromatic carbocycles. The van der Waals surface area contributed by atoms with Crippen molar-refractivity contribution in [3.05, 3.63) is 35.9 Å². The number of carbonyl (C=O) groups excluding carboxylic acids is 2. The van der Waals surface area contributed by atoms with Gasteiger partial charge in [-0.05, 0) is 44.7 Å². The van der Waals surface area contributed by atoms with Crippen LogP contribution in [0.4, 0.5) is 4.79 Å². The zero-order valence-electron chi connectivity index (χ0n) is 15.9. The summed E-state index contributed by atoms with van der Waals surface area (Å²) in [4.78, 5) is 25.4. The van der Waals surface area contributed by atoms with Crippen LogP contribution >= 0.6 is 12.4 Å². The highest BCUT2D eigenvalue weighted by Crippen LogP contribution is 2.30. The Morgan fingerprint density at radius 1 is 1.15 bits per heavy atom. The fraction of sp³-hybridized carbons (Fsp3) is 0.600. The lowest BCUT2D eigenvalue weighted by Gasteiger charge is -2.35. The molecule has 7 heteroatoms. The monoisotopic (exact) mass is 394 g/mol. The molecule has 2 unspecified atom stereocenters. The van der Waals surface area contributed by atoms with Gasteiger partial charge in [-0.15, -0.1) is 12.4 Å². The fourth-order valence-corrected chi connectivity index (χ4v) is 3.97. The Balaban J connectivity index is 0.00000261. The van der Waals surface area contributed by atoms with Crippen molar-refractivity contribution in [2.45, 2.75) is 69.6 Å². The maximum atomic E-state index is 13.0. The van der Waals surface area contributed by atoms with E-state index in [0.717, 1.165) is 37.8 Å². The van der Waals surface area contributed by atoms with Crippen LogP contribution in [0, 0.1) is 0 Å². The molecule has 4 N–H and O–H groups in total. The van der Waals surface area contributed by atoms with Crippen LogP contribution in [0.3, 0.4) is 0 Å². The molecule has 2 atom stereocenters. The highest BCUT2D eigenvalue weighted by molar-refractivity contribution is 5.91. The van der Waals surface area contributed by atoms with E-state index in [0.29, 0.717) is 19.4 Å². The third-order valence-electron chi connectivity index (χ3n) is 5.62. The molecule has 1 saturated carbocycles. The molecule has 1 heterocycles. The molecule has 150 valence electrons. The summed E-state index contributed by atoms with van der Waals surface area (Å²) in [6, 6.07) is 9.89. The summed E-state index contributed by atoms with van der Waals surface area (Å²) in [7, 11) is 0. The van der Waals surface area contributed by atoms with Crippen LogP contribution in [0.2, 0.25) is 0 Å². The van der Waals surface area contributed by atoms with Crippen LogP contribution in [0.1, 0.15) is 51.0 Å². The van der Waals surface area contributed by atoms with E-state index < -0.39 is 5.54 Å². The normalized spacial score (nSPS) is 23.7. The molecule has 0 bridgehead atoms. The van der Waals surface area contributed by atoms with Gasteiger partial charge in [0, 0.05) is 18.6 Å². The second kappa shape index (κ2) is 9.95. The summed E-state index contributed by atoms with van der Waals surface area (Å²) >= 11 is 0. The predicted octanol–water partition coefficient (Wildman–Crippen LogP) is 2.48. The number of amides is 3. The number of carbonyl (C=O) groups is 2. The Labute approximate surface area is 167 Å². The molecule has 0 radical (unpaired) electrons. The number of hydrogen-bond acceptors (Lipinski definition) is 3. The Hall–Kier alpha value is -1.79. The van der Waals surface area contributed by atoms with Crippen molar-refractivity contribution in [1.29, 1.82) is 0 Å². The first-order valence-electron chi connectivity index (χ1n) is 9.73. The first-order valence-corrected chi connectivity index (χ1v) is 9.73. The highest BCUT2D eigenvalue weighted by Gasteiger charge is 2.43. The number of urea groups is 1. The smallest absolute Gasteiger partial charge is 0.315 e. The van der Waals surface area contributed by atoms with E-state index in [9.17, 15) is 9.59 Å². The maximum Gasteiger partial charge on any atom is 0.315 e. The number of hydrogen-bond donors (Lipinski definition) is 4. The van der Waals surface area contributed by atoms with Crippen molar-refractivity contribution in [3.8, 4) is 0 Å². The van der Waals surface area contributed by atoms with Gasteiger partial charge in [0.1, 0.15) is 5.54 Å². The summed E-state index contributed by atoms with van der Waals surface area (Å²) in [5.41, 5.74) is 0.257. The largest absolute Gasteiger partial charge is 0.350 e. The van der Waals surface area contributed by atoms with Crippen LogP contribution in [-0.4, -0.2) is 36.1 Å². The minimum atomic E-state index is -0.780. The third kappa shape index (κ3) is 5.59. The van der Waals surface area contributed by atoms with Crippen LogP contribution < -0.4 is 21.3 Å². The Bertz CT molecular complexity index is 620. The van der Waals surface area contributed by atoms with E-state index in [4.69, 9.17) is 0 Å². The molecule has 0 spiro atoms. The van der Waals surface area contributed by atoms with Crippen molar-refractivity contribution in [2.24, 2.45) is 0 Å². The minimum Gasteiger partial charge on any atom is -0.350 e. The van der Waals surface area contributed by atoms with Gasteiger partial charge in [0.2, 0.25) is 5.91 Å². The van der Waals surface area contributed by atoms with Gasteiger partial charge in [0.05, 0.1) is 0 Å². The number of rotatable bonds is 5. The summed E-state index contributed by atoms with van der Waals surface area (Å²) in [6.07, 6.45) is 5.37. The van der Waals surface area contributed by atoms with E-state index in [1.165, 1.54) is 0 Å². The summed E-state index contributed by atoms with van der Waals surface area (Å²) in [6.45, 7) is 3.55. The van der Waals surface area contributed by atoms with Crippen LogP contribution in [0.5, 0.6) is 0 Å². The first kappa shape index (κ1) is 21.5. The number of halogens is 1. The molecular weight excluding hydrogens is 364 g/mol. The van der Waals surface area contributed by atoms with Crippen molar-refractivity contribution in [3.63, 3.8) is 0 Å². The minimum absolute atomic E-state index is 0. The van der Waals surface area contributed by atoms with Crippen molar-refractivity contribution in [1.82, 2.24) is 21.3 Å². The number of piperidine rings is 1. The third-order valence-corrected chi connectivity index (χ3v) is 5.62. The molecular formula is C20H31ClN4O2. The lowest BCUT2D eigenvalue weighted by molar-refractivity contribution is -0.128. The molecule has 27 heavy (non-hydrogen) atoms. The maximum absolute atomic E-state index is 13.0. The van der Waals surface area contributed by atoms with E-state index in [-0.39, 0.29) is 36.4 Å². The fourth-order valence-electron chi connectivity index (χ4n) is 3.97. The molecule has 1 aromatic rings. The molecule has 6 nitrogen and oxygen atoms in total. The van der Waals surface area contributed by atoms with Crippen LogP contribution in [0.25, 0.3) is 0 Å². The Morgan fingerprint density at radius 2 is 1.85 bits per heavy atom. The lowest BCUT2D eigenvalue weighted by atomic mass is 9.93. The van der Waals surface area contributed by atoms with Gasteiger partial charge in [-0.25, -0.2) is 4.79 Å². The standard InChI is InChI=1S/C20H30N4O2.ClH/c1-15-17(10-7-13-21-15)23-18(25)20(11-5-6-12-20)24-19(26)22-14-16-8-3-2-4-9-16;/h2-4,8-9,15,17,21H,5-7,10-14H2,1H3,(H,23,25)(H2,22,24,26);1H. The van der Waals surface area contributed by atoms with E-state index in [1.54, 1.807) is 0 Å². The van der Waals surface area contributed by atoms with E-state index in [2.05, 4.69) is 28.2 Å². The highest BCUT2D eigenvalue weighted by atomic mass is 35.5. The molecule has 3 amide bonds. The molecule has 1 aliphatic carbocycles. The molecule has 3 rings (SSSR count). The SMILES string of the molecule is CC1NCCCC1NC(=O)C1(NC(=O)NCc2ccccc2)CCCC1.Cl. The first-order chi connectivity index (χ1) is 12.6. The lowest BCUT2D eigenvalue weighted by Crippen LogP contribution is -2.63. The Kier molecular flexibility index (Phi) is 7.92. The van der Waals surface area contributed by atoms with Crippen LogP contribution in [0.15, 0.2) is 30.3 Å². The molecule has 2 aliphatic rings. The average molecular weight is 395 g/mol.